The Bertz CT molecular complexity index is 502. The fraction of sp³-hybridized carbons (Fsp3) is 0.385. The summed E-state index contributed by atoms with van der Waals surface area (Å²) in [6, 6.07) is 1.12. The molecule has 1 aromatic heterocycles. The molecule has 0 aliphatic rings. The fourth-order valence-electron chi connectivity index (χ4n) is 1.50. The Morgan fingerprint density at radius 2 is 1.95 bits per heavy atom. The van der Waals surface area contributed by atoms with Crippen molar-refractivity contribution in [2.75, 3.05) is 5.32 Å². The minimum absolute atomic E-state index is 0.0222. The van der Waals surface area contributed by atoms with Crippen LogP contribution in [0.4, 0.5) is 10.5 Å². The molecule has 1 heterocycles. The van der Waals surface area contributed by atoms with Gasteiger partial charge in [0.15, 0.2) is 0 Å². The van der Waals surface area contributed by atoms with Crippen molar-refractivity contribution in [1.82, 2.24) is 10.3 Å². The molecule has 3 N–H and O–H groups in total. The molecule has 0 bridgehead atoms. The Balaban J connectivity index is 2.30. The first-order chi connectivity index (χ1) is 9.49. The zero-order chi connectivity index (χ0) is 15.0. The van der Waals surface area contributed by atoms with Gasteiger partial charge in [0.2, 0.25) is 5.91 Å². The molecule has 0 radical (unpaired) electrons. The van der Waals surface area contributed by atoms with Gasteiger partial charge >= 0.3 is 12.0 Å². The maximum atomic E-state index is 11.6. The third-order valence-corrected chi connectivity index (χ3v) is 2.58. The van der Waals surface area contributed by atoms with Crippen LogP contribution in [0.1, 0.15) is 31.2 Å². The van der Waals surface area contributed by atoms with Crippen LogP contribution in [0.5, 0.6) is 0 Å². The molecule has 0 atom stereocenters. The summed E-state index contributed by atoms with van der Waals surface area (Å²) in [4.78, 5) is 37.1. The number of hydrogen-bond acceptors (Lipinski definition) is 4. The molecule has 1 rings (SSSR count). The second-order valence-electron chi connectivity index (χ2n) is 4.29. The lowest BCUT2D eigenvalue weighted by atomic mass is 10.2. The average Bonchev–Trinajstić information content (AvgIpc) is 2.37. The number of amides is 3. The third kappa shape index (κ3) is 5.94. The van der Waals surface area contributed by atoms with Crippen molar-refractivity contribution in [2.45, 2.75) is 32.6 Å². The summed E-state index contributed by atoms with van der Waals surface area (Å²) in [6.45, 7) is 1.81. The second kappa shape index (κ2) is 7.88. The van der Waals surface area contributed by atoms with Gasteiger partial charge in [-0.1, -0.05) is 0 Å². The number of hydrogen-bond donors (Lipinski definition) is 3. The molecule has 1 aromatic rings. The van der Waals surface area contributed by atoms with Gasteiger partial charge in [0.25, 0.3) is 0 Å². The van der Waals surface area contributed by atoms with Crippen LogP contribution in [0.15, 0.2) is 18.5 Å². The van der Waals surface area contributed by atoms with E-state index in [1.54, 1.807) is 12.3 Å². The van der Waals surface area contributed by atoms with Gasteiger partial charge in [-0.25, -0.2) is 4.79 Å². The van der Waals surface area contributed by atoms with Crippen LogP contribution in [0.25, 0.3) is 0 Å². The largest absolute Gasteiger partial charge is 0.481 e. The highest BCUT2D eigenvalue weighted by Crippen LogP contribution is 2.10. The Morgan fingerprint density at radius 1 is 1.25 bits per heavy atom. The lowest BCUT2D eigenvalue weighted by molar-refractivity contribution is -0.137. The third-order valence-electron chi connectivity index (χ3n) is 2.58. The van der Waals surface area contributed by atoms with Gasteiger partial charge in [-0.3, -0.25) is 19.9 Å². The number of imide groups is 1. The average molecular weight is 279 g/mol. The number of aryl methyl sites for hydroxylation is 1. The van der Waals surface area contributed by atoms with Crippen LogP contribution in [-0.4, -0.2) is 28.0 Å². The summed E-state index contributed by atoms with van der Waals surface area (Å²) in [6.07, 6.45) is 4.07. The molecule has 0 aliphatic carbocycles. The van der Waals surface area contributed by atoms with Crippen LogP contribution in [0, 0.1) is 6.92 Å². The monoisotopic (exact) mass is 279 g/mol. The molecule has 0 saturated carbocycles. The molecule has 0 saturated heterocycles. The quantitative estimate of drug-likeness (QED) is 0.686. The van der Waals surface area contributed by atoms with Gasteiger partial charge < -0.3 is 10.4 Å². The molecule has 3 amide bonds. The molecule has 0 fully saturated rings. The summed E-state index contributed by atoms with van der Waals surface area (Å²) < 4.78 is 0. The zero-order valence-electron chi connectivity index (χ0n) is 11.2. The van der Waals surface area contributed by atoms with E-state index >= 15 is 0 Å². The van der Waals surface area contributed by atoms with E-state index in [1.807, 2.05) is 6.92 Å². The topological polar surface area (TPSA) is 108 Å². The number of carbonyl (C=O) groups is 3. The maximum Gasteiger partial charge on any atom is 0.325 e. The number of pyridine rings is 1. The molecule has 0 spiro atoms. The molecular weight excluding hydrogens is 262 g/mol. The number of aliphatic carboxylic acids is 1. The summed E-state index contributed by atoms with van der Waals surface area (Å²) in [5.41, 5.74) is 1.37. The van der Waals surface area contributed by atoms with Gasteiger partial charge in [-0.15, -0.1) is 0 Å². The van der Waals surface area contributed by atoms with E-state index in [1.165, 1.54) is 6.20 Å². The van der Waals surface area contributed by atoms with Crippen LogP contribution in [-0.2, 0) is 9.59 Å². The number of carbonyl (C=O) groups excluding carboxylic acids is 2. The Labute approximate surface area is 116 Å². The van der Waals surface area contributed by atoms with E-state index < -0.39 is 17.9 Å². The van der Waals surface area contributed by atoms with E-state index in [0.717, 1.165) is 5.56 Å². The number of carboxylic acid groups (broad SMARTS) is 1. The van der Waals surface area contributed by atoms with Crippen molar-refractivity contribution in [3.05, 3.63) is 24.0 Å². The second-order valence-corrected chi connectivity index (χ2v) is 4.29. The molecule has 0 unspecified atom stereocenters. The molecule has 0 aromatic carbocycles. The first kappa shape index (κ1) is 15.6. The summed E-state index contributed by atoms with van der Waals surface area (Å²) in [5.74, 6) is -1.33. The van der Waals surface area contributed by atoms with Crippen molar-refractivity contribution >= 4 is 23.6 Å². The van der Waals surface area contributed by atoms with Crippen LogP contribution < -0.4 is 10.6 Å². The summed E-state index contributed by atoms with van der Waals surface area (Å²) in [5, 5.41) is 13.1. The standard InChI is InChI=1S/C13H17N3O4/c1-9-6-7-14-8-10(9)15-13(20)16-11(17)4-2-3-5-12(18)19/h6-8H,2-5H2,1H3,(H,18,19)(H2,15,16,17,20). The zero-order valence-corrected chi connectivity index (χ0v) is 11.2. The van der Waals surface area contributed by atoms with Crippen molar-refractivity contribution in [3.63, 3.8) is 0 Å². The van der Waals surface area contributed by atoms with E-state index in [2.05, 4.69) is 15.6 Å². The van der Waals surface area contributed by atoms with E-state index in [9.17, 15) is 14.4 Å². The molecule has 7 nitrogen and oxygen atoms in total. The van der Waals surface area contributed by atoms with Crippen LogP contribution >= 0.6 is 0 Å². The molecule has 0 aliphatic heterocycles. The highest BCUT2D eigenvalue weighted by Gasteiger charge is 2.09. The van der Waals surface area contributed by atoms with Crippen LogP contribution in [0.2, 0.25) is 0 Å². The lowest BCUT2D eigenvalue weighted by Crippen LogP contribution is -2.34. The SMILES string of the molecule is Cc1ccncc1NC(=O)NC(=O)CCCCC(=O)O. The highest BCUT2D eigenvalue weighted by atomic mass is 16.4. The number of urea groups is 1. The minimum atomic E-state index is -0.893. The van der Waals surface area contributed by atoms with Gasteiger partial charge in [0, 0.05) is 19.0 Å². The summed E-state index contributed by atoms with van der Waals surface area (Å²) >= 11 is 0. The van der Waals surface area contributed by atoms with E-state index in [4.69, 9.17) is 5.11 Å². The van der Waals surface area contributed by atoms with Crippen molar-refractivity contribution in [1.29, 1.82) is 0 Å². The number of carboxylic acids is 1. The smallest absolute Gasteiger partial charge is 0.325 e. The Hall–Kier alpha value is -2.44. The van der Waals surface area contributed by atoms with Crippen LogP contribution in [0.3, 0.4) is 0 Å². The summed E-state index contributed by atoms with van der Waals surface area (Å²) in [7, 11) is 0. The van der Waals surface area contributed by atoms with Gasteiger partial charge in [0.05, 0.1) is 11.9 Å². The van der Waals surface area contributed by atoms with Gasteiger partial charge in [0.1, 0.15) is 0 Å². The van der Waals surface area contributed by atoms with E-state index in [0.29, 0.717) is 18.5 Å². The molecule has 108 valence electrons. The number of nitrogens with zero attached hydrogens (tertiary/aromatic N) is 1. The van der Waals surface area contributed by atoms with E-state index in [-0.39, 0.29) is 12.8 Å². The maximum absolute atomic E-state index is 11.6. The number of rotatable bonds is 6. The van der Waals surface area contributed by atoms with Crippen molar-refractivity contribution in [2.24, 2.45) is 0 Å². The van der Waals surface area contributed by atoms with Gasteiger partial charge in [-0.05, 0) is 31.4 Å². The lowest BCUT2D eigenvalue weighted by Gasteiger charge is -2.08. The Morgan fingerprint density at radius 3 is 2.60 bits per heavy atom. The number of aromatic nitrogens is 1. The fourth-order valence-corrected chi connectivity index (χ4v) is 1.50. The molecule has 7 heteroatoms. The predicted molar refractivity (Wildman–Crippen MR) is 72.2 cm³/mol. The normalized spacial score (nSPS) is 9.85. The van der Waals surface area contributed by atoms with Crippen molar-refractivity contribution < 1.29 is 19.5 Å². The van der Waals surface area contributed by atoms with Gasteiger partial charge in [-0.2, -0.15) is 0 Å². The number of nitrogens with one attached hydrogen (secondary N) is 2. The highest BCUT2D eigenvalue weighted by molar-refractivity contribution is 6.01. The number of unbranched alkanes of at least 4 members (excludes halogenated alkanes) is 1. The molecular formula is C13H17N3O4. The van der Waals surface area contributed by atoms with Crippen molar-refractivity contribution in [3.8, 4) is 0 Å². The predicted octanol–water partition coefficient (Wildman–Crippen LogP) is 1.68. The Kier molecular flexibility index (Phi) is 6.15. The first-order valence-electron chi connectivity index (χ1n) is 6.22. The number of anilines is 1. The minimum Gasteiger partial charge on any atom is -0.481 e. The molecule has 20 heavy (non-hydrogen) atoms. The first-order valence-corrected chi connectivity index (χ1v) is 6.22.